The number of aryl methyl sites for hydroxylation is 3. The number of fused-ring (bicyclic) bond motifs is 1. The normalized spacial score (nSPS) is 16.3. The molecule has 0 saturated carbocycles. The van der Waals surface area contributed by atoms with E-state index in [2.05, 4.69) is 23.6 Å². The molecule has 6 heteroatoms. The van der Waals surface area contributed by atoms with Crippen LogP contribution in [0.25, 0.3) is 11.0 Å². The highest BCUT2D eigenvalue weighted by molar-refractivity contribution is 6.00. The maximum atomic E-state index is 12.8. The fourth-order valence-corrected chi connectivity index (χ4v) is 3.88. The number of benzene rings is 1. The first-order valence-corrected chi connectivity index (χ1v) is 8.94. The van der Waals surface area contributed by atoms with Gasteiger partial charge in [0.25, 0.3) is 5.91 Å². The van der Waals surface area contributed by atoms with Crippen LogP contribution in [0.2, 0.25) is 0 Å². The molecule has 0 radical (unpaired) electrons. The van der Waals surface area contributed by atoms with Crippen molar-refractivity contribution in [2.45, 2.75) is 33.6 Å². The predicted molar refractivity (Wildman–Crippen MR) is 106 cm³/mol. The second-order valence-corrected chi connectivity index (χ2v) is 7.33. The molecule has 0 atom stereocenters. The Labute approximate surface area is 161 Å². The van der Waals surface area contributed by atoms with Crippen LogP contribution in [0.15, 0.2) is 16.5 Å². The summed E-state index contributed by atoms with van der Waals surface area (Å²) in [6, 6.07) is 4.11. The minimum atomic E-state index is -0.137. The first kappa shape index (κ1) is 20.7. The van der Waals surface area contributed by atoms with Gasteiger partial charge in [0.1, 0.15) is 5.58 Å². The number of carbonyl (C=O) groups excluding carboxylic acids is 1. The van der Waals surface area contributed by atoms with Crippen LogP contribution in [-0.4, -0.2) is 39.3 Å². The first-order chi connectivity index (χ1) is 12.0. The number of halogens is 1. The van der Waals surface area contributed by atoms with Crippen molar-refractivity contribution in [1.82, 2.24) is 10.6 Å². The molecule has 0 aliphatic carbocycles. The third-order valence-electron chi connectivity index (χ3n) is 5.43. The molecule has 5 nitrogen and oxygen atoms in total. The Morgan fingerprint density at radius 1 is 1.23 bits per heavy atom. The molecule has 2 aromatic rings. The van der Waals surface area contributed by atoms with Gasteiger partial charge < -0.3 is 19.8 Å². The highest BCUT2D eigenvalue weighted by Crippen LogP contribution is 2.31. The quantitative estimate of drug-likeness (QED) is 0.832. The highest BCUT2D eigenvalue weighted by atomic mass is 35.5. The van der Waals surface area contributed by atoms with Gasteiger partial charge in [-0.25, -0.2) is 0 Å². The van der Waals surface area contributed by atoms with Gasteiger partial charge in [-0.2, -0.15) is 0 Å². The molecule has 0 unspecified atom stereocenters. The van der Waals surface area contributed by atoms with Crippen molar-refractivity contribution < 1.29 is 13.9 Å². The van der Waals surface area contributed by atoms with E-state index in [-0.39, 0.29) is 23.7 Å². The summed E-state index contributed by atoms with van der Waals surface area (Å²) < 4.78 is 11.4. The zero-order chi connectivity index (χ0) is 18.0. The van der Waals surface area contributed by atoms with E-state index in [9.17, 15) is 4.79 Å². The lowest BCUT2D eigenvalue weighted by Gasteiger charge is -2.37. The number of hydrogen-bond acceptors (Lipinski definition) is 4. The molecule has 1 saturated heterocycles. The maximum absolute atomic E-state index is 12.8. The summed E-state index contributed by atoms with van der Waals surface area (Å²) >= 11 is 0. The van der Waals surface area contributed by atoms with E-state index < -0.39 is 0 Å². The average Bonchev–Trinajstić information content (AvgIpc) is 2.96. The fraction of sp³-hybridized carbons (Fsp3) is 0.550. The van der Waals surface area contributed by atoms with Gasteiger partial charge >= 0.3 is 0 Å². The number of carbonyl (C=O) groups is 1. The number of amides is 1. The number of nitrogens with one attached hydrogen (secondary N) is 2. The van der Waals surface area contributed by atoms with Gasteiger partial charge in [0.2, 0.25) is 0 Å². The van der Waals surface area contributed by atoms with E-state index in [1.807, 2.05) is 19.9 Å². The molecule has 1 aromatic carbocycles. The molecule has 1 fully saturated rings. The van der Waals surface area contributed by atoms with Gasteiger partial charge in [-0.3, -0.25) is 4.79 Å². The maximum Gasteiger partial charge on any atom is 0.287 e. The molecular weight excluding hydrogens is 352 g/mol. The number of piperidine rings is 1. The lowest BCUT2D eigenvalue weighted by Crippen LogP contribution is -2.47. The topological polar surface area (TPSA) is 63.5 Å². The van der Waals surface area contributed by atoms with Crippen LogP contribution < -0.4 is 10.6 Å². The summed E-state index contributed by atoms with van der Waals surface area (Å²) in [5.41, 5.74) is 3.92. The van der Waals surface area contributed by atoms with Gasteiger partial charge in [0.05, 0.1) is 6.61 Å². The number of furan rings is 1. The van der Waals surface area contributed by atoms with E-state index in [1.165, 1.54) is 0 Å². The van der Waals surface area contributed by atoms with E-state index in [0.29, 0.717) is 18.9 Å². The molecule has 144 valence electrons. The summed E-state index contributed by atoms with van der Waals surface area (Å²) in [5.74, 6) is 0.287. The van der Waals surface area contributed by atoms with Gasteiger partial charge in [-0.05, 0) is 57.8 Å². The predicted octanol–water partition coefficient (Wildman–Crippen LogP) is 3.53. The van der Waals surface area contributed by atoms with E-state index in [4.69, 9.17) is 9.15 Å². The standard InChI is InChI=1S/C20H28N2O3.ClH/c1-13-5-6-14(2)17-16(13)15(3)18(25-17)19(23)22-11-20(12-24-4)7-9-21-10-8-20;/h5-6,21H,7-12H2,1-4H3,(H,22,23);1H. The SMILES string of the molecule is COCC1(CNC(=O)c2oc3c(C)ccc(C)c3c2C)CCNCC1.Cl. The second kappa shape index (κ2) is 8.42. The van der Waals surface area contributed by atoms with Crippen molar-refractivity contribution in [2.24, 2.45) is 5.41 Å². The van der Waals surface area contributed by atoms with Crippen LogP contribution in [0.5, 0.6) is 0 Å². The number of hydrogen-bond donors (Lipinski definition) is 2. The summed E-state index contributed by atoms with van der Waals surface area (Å²) in [6.07, 6.45) is 2.00. The van der Waals surface area contributed by atoms with Crippen LogP contribution in [0.4, 0.5) is 0 Å². The molecule has 1 aromatic heterocycles. The third-order valence-corrected chi connectivity index (χ3v) is 5.43. The zero-order valence-electron chi connectivity index (χ0n) is 16.0. The Kier molecular flexibility index (Phi) is 6.72. The van der Waals surface area contributed by atoms with Crippen molar-refractivity contribution >= 4 is 29.3 Å². The highest BCUT2D eigenvalue weighted by Gasteiger charge is 2.33. The number of rotatable bonds is 5. The average molecular weight is 381 g/mol. The second-order valence-electron chi connectivity index (χ2n) is 7.33. The van der Waals surface area contributed by atoms with Gasteiger partial charge in [0, 0.05) is 30.0 Å². The Morgan fingerprint density at radius 2 is 1.88 bits per heavy atom. The molecule has 3 rings (SSSR count). The molecular formula is C20H29ClN2O3. The van der Waals surface area contributed by atoms with Gasteiger partial charge in [-0.15, -0.1) is 12.4 Å². The molecule has 2 heterocycles. The molecule has 2 N–H and O–H groups in total. The molecule has 1 amide bonds. The Bertz CT molecular complexity index is 773. The van der Waals surface area contributed by atoms with Crippen molar-refractivity contribution in [3.8, 4) is 0 Å². The summed E-state index contributed by atoms with van der Waals surface area (Å²) in [5, 5.41) is 7.52. The summed E-state index contributed by atoms with van der Waals surface area (Å²) in [7, 11) is 1.72. The molecule has 1 aliphatic heterocycles. The molecule has 0 bridgehead atoms. The summed E-state index contributed by atoms with van der Waals surface area (Å²) in [6.45, 7) is 9.21. The van der Waals surface area contributed by atoms with Crippen molar-refractivity contribution in [1.29, 1.82) is 0 Å². The third kappa shape index (κ3) is 3.90. The van der Waals surface area contributed by atoms with Crippen molar-refractivity contribution in [3.63, 3.8) is 0 Å². The van der Waals surface area contributed by atoms with Crippen molar-refractivity contribution in [3.05, 3.63) is 34.6 Å². The largest absolute Gasteiger partial charge is 0.450 e. The Hall–Kier alpha value is -1.56. The molecule has 1 aliphatic rings. The summed E-state index contributed by atoms with van der Waals surface area (Å²) in [4.78, 5) is 12.8. The fourth-order valence-electron chi connectivity index (χ4n) is 3.88. The lowest BCUT2D eigenvalue weighted by atomic mass is 9.79. The van der Waals surface area contributed by atoms with Gasteiger partial charge in [0.15, 0.2) is 5.76 Å². The van der Waals surface area contributed by atoms with Gasteiger partial charge in [-0.1, -0.05) is 12.1 Å². The van der Waals surface area contributed by atoms with E-state index in [1.54, 1.807) is 7.11 Å². The van der Waals surface area contributed by atoms with Crippen LogP contribution in [0.1, 0.15) is 40.1 Å². The van der Waals surface area contributed by atoms with Crippen molar-refractivity contribution in [2.75, 3.05) is 33.4 Å². The van der Waals surface area contributed by atoms with E-state index >= 15 is 0 Å². The number of ether oxygens (including phenoxy) is 1. The molecule has 26 heavy (non-hydrogen) atoms. The zero-order valence-corrected chi connectivity index (χ0v) is 16.8. The monoisotopic (exact) mass is 380 g/mol. The van der Waals surface area contributed by atoms with Crippen LogP contribution in [0, 0.1) is 26.2 Å². The minimum absolute atomic E-state index is 0. The Morgan fingerprint density at radius 3 is 2.50 bits per heavy atom. The lowest BCUT2D eigenvalue weighted by molar-refractivity contribution is 0.0506. The number of methoxy groups -OCH3 is 1. The smallest absolute Gasteiger partial charge is 0.287 e. The molecule has 0 spiro atoms. The first-order valence-electron chi connectivity index (χ1n) is 8.94. The van der Waals surface area contributed by atoms with Crippen LogP contribution >= 0.6 is 12.4 Å². The Balaban J connectivity index is 0.00000243. The van der Waals surface area contributed by atoms with E-state index in [0.717, 1.165) is 53.6 Å². The minimum Gasteiger partial charge on any atom is -0.450 e. The van der Waals surface area contributed by atoms with Crippen LogP contribution in [0.3, 0.4) is 0 Å². The van der Waals surface area contributed by atoms with Crippen LogP contribution in [-0.2, 0) is 4.74 Å².